The van der Waals surface area contributed by atoms with Gasteiger partial charge in [0.2, 0.25) is 0 Å². The van der Waals surface area contributed by atoms with Gasteiger partial charge in [-0.15, -0.1) is 0 Å². The highest BCUT2D eigenvalue weighted by Gasteiger charge is 2.01. The fourth-order valence-electron chi connectivity index (χ4n) is 0.933. The molecule has 2 nitrogen and oxygen atoms in total. The quantitative estimate of drug-likeness (QED) is 0.432. The Kier molecular flexibility index (Phi) is 6.50. The van der Waals surface area contributed by atoms with E-state index in [2.05, 4.69) is 6.92 Å². The van der Waals surface area contributed by atoms with Crippen LogP contribution < -0.4 is 0 Å². The van der Waals surface area contributed by atoms with E-state index in [0.717, 1.165) is 25.7 Å². The summed E-state index contributed by atoms with van der Waals surface area (Å²) < 4.78 is 0. The fraction of sp³-hybridized carbons (Fsp3) is 0.875. The van der Waals surface area contributed by atoms with Crippen molar-refractivity contribution < 1.29 is 5.11 Å². The summed E-state index contributed by atoms with van der Waals surface area (Å²) in [6, 6.07) is 0. The van der Waals surface area contributed by atoms with E-state index in [4.69, 9.17) is 10.5 Å². The Bertz CT molecular complexity index is 79.3. The summed E-state index contributed by atoms with van der Waals surface area (Å²) in [7, 11) is 0. The van der Waals surface area contributed by atoms with Crippen LogP contribution in [0.25, 0.3) is 0 Å². The fourth-order valence-corrected chi connectivity index (χ4v) is 0.933. The maximum absolute atomic E-state index is 8.77. The normalized spacial score (nSPS) is 13.0. The summed E-state index contributed by atoms with van der Waals surface area (Å²) in [6.45, 7) is 2.39. The van der Waals surface area contributed by atoms with Crippen molar-refractivity contribution >= 4 is 6.21 Å². The molecule has 0 bridgehead atoms. The molecule has 2 heteroatoms. The van der Waals surface area contributed by atoms with Crippen molar-refractivity contribution in [2.75, 3.05) is 6.61 Å². The molecular weight excluding hydrogens is 126 g/mol. The molecule has 0 saturated heterocycles. The van der Waals surface area contributed by atoms with Crippen molar-refractivity contribution in [1.29, 1.82) is 5.41 Å². The molecular formula is C8H17NO. The predicted molar refractivity (Wildman–Crippen MR) is 43.5 cm³/mol. The van der Waals surface area contributed by atoms with Gasteiger partial charge in [-0.3, -0.25) is 0 Å². The second-order valence-corrected chi connectivity index (χ2v) is 2.59. The van der Waals surface area contributed by atoms with Crippen LogP contribution in [0.3, 0.4) is 0 Å². The van der Waals surface area contributed by atoms with Gasteiger partial charge in [0, 0.05) is 6.61 Å². The molecule has 60 valence electrons. The standard InChI is InChI=1S/C8H17NO/c1-2-8(7-10)5-3-4-6-9/h6,8-10H,2-5,7H2,1H3. The SMILES string of the molecule is CCC(CO)CCCC=N. The third-order valence-electron chi connectivity index (χ3n) is 1.80. The summed E-state index contributed by atoms with van der Waals surface area (Å²) in [4.78, 5) is 0. The molecule has 0 radical (unpaired) electrons. The Labute approximate surface area is 62.8 Å². The van der Waals surface area contributed by atoms with Crippen LogP contribution in [-0.2, 0) is 0 Å². The second-order valence-electron chi connectivity index (χ2n) is 2.59. The van der Waals surface area contributed by atoms with Crippen LogP contribution >= 0.6 is 0 Å². The monoisotopic (exact) mass is 143 g/mol. The summed E-state index contributed by atoms with van der Waals surface area (Å²) in [5.74, 6) is 0.458. The highest BCUT2D eigenvalue weighted by Crippen LogP contribution is 2.10. The smallest absolute Gasteiger partial charge is 0.0459 e. The average Bonchev–Trinajstić information content (AvgIpc) is 1.99. The maximum atomic E-state index is 8.77. The zero-order chi connectivity index (χ0) is 7.82. The Balaban J connectivity index is 3.16. The second kappa shape index (κ2) is 6.75. The lowest BCUT2D eigenvalue weighted by molar-refractivity contribution is 0.213. The first-order valence-corrected chi connectivity index (χ1v) is 3.95. The van der Waals surface area contributed by atoms with Crippen LogP contribution in [0.1, 0.15) is 32.6 Å². The van der Waals surface area contributed by atoms with E-state index in [9.17, 15) is 0 Å². The third-order valence-corrected chi connectivity index (χ3v) is 1.80. The Hall–Kier alpha value is -0.370. The van der Waals surface area contributed by atoms with Crippen LogP contribution in [-0.4, -0.2) is 17.9 Å². The minimum absolute atomic E-state index is 0.300. The van der Waals surface area contributed by atoms with E-state index in [1.807, 2.05) is 0 Å². The zero-order valence-corrected chi connectivity index (χ0v) is 6.64. The van der Waals surface area contributed by atoms with Crippen LogP contribution in [0.4, 0.5) is 0 Å². The summed E-state index contributed by atoms with van der Waals surface area (Å²) in [5, 5.41) is 15.5. The molecule has 0 heterocycles. The zero-order valence-electron chi connectivity index (χ0n) is 6.64. The van der Waals surface area contributed by atoms with Crippen LogP contribution in [0.5, 0.6) is 0 Å². The van der Waals surface area contributed by atoms with Gasteiger partial charge >= 0.3 is 0 Å². The van der Waals surface area contributed by atoms with E-state index < -0.39 is 0 Å². The minimum Gasteiger partial charge on any atom is -0.396 e. The lowest BCUT2D eigenvalue weighted by Gasteiger charge is -2.08. The molecule has 0 aromatic carbocycles. The number of unbranched alkanes of at least 4 members (excludes halogenated alkanes) is 1. The van der Waals surface area contributed by atoms with E-state index in [1.54, 1.807) is 0 Å². The largest absolute Gasteiger partial charge is 0.396 e. The molecule has 0 saturated carbocycles. The summed E-state index contributed by atoms with van der Waals surface area (Å²) in [5.41, 5.74) is 0. The van der Waals surface area contributed by atoms with Gasteiger partial charge in [0.15, 0.2) is 0 Å². The molecule has 0 aliphatic heterocycles. The molecule has 0 aliphatic rings. The van der Waals surface area contributed by atoms with Gasteiger partial charge in [0.1, 0.15) is 0 Å². The summed E-state index contributed by atoms with van der Waals surface area (Å²) >= 11 is 0. The van der Waals surface area contributed by atoms with Crippen molar-refractivity contribution in [1.82, 2.24) is 0 Å². The number of hydrogen-bond donors (Lipinski definition) is 2. The molecule has 0 spiro atoms. The molecule has 0 fully saturated rings. The van der Waals surface area contributed by atoms with Crippen LogP contribution in [0.15, 0.2) is 0 Å². The molecule has 0 aliphatic carbocycles. The van der Waals surface area contributed by atoms with E-state index in [0.29, 0.717) is 12.5 Å². The third kappa shape index (κ3) is 4.50. The first kappa shape index (κ1) is 9.63. The Morgan fingerprint density at radius 2 is 2.30 bits per heavy atom. The van der Waals surface area contributed by atoms with E-state index in [1.165, 1.54) is 6.21 Å². The highest BCUT2D eigenvalue weighted by atomic mass is 16.3. The van der Waals surface area contributed by atoms with Gasteiger partial charge in [-0.2, -0.15) is 0 Å². The first-order chi connectivity index (χ1) is 4.85. The number of hydrogen-bond acceptors (Lipinski definition) is 2. The van der Waals surface area contributed by atoms with Crippen molar-refractivity contribution in [3.8, 4) is 0 Å². The number of aliphatic hydroxyl groups excluding tert-OH is 1. The predicted octanol–water partition coefficient (Wildman–Crippen LogP) is 1.82. The molecule has 1 unspecified atom stereocenters. The highest BCUT2D eigenvalue weighted by molar-refractivity contribution is 5.52. The van der Waals surface area contributed by atoms with Crippen molar-refractivity contribution in [2.45, 2.75) is 32.6 Å². The van der Waals surface area contributed by atoms with Gasteiger partial charge in [-0.1, -0.05) is 13.3 Å². The van der Waals surface area contributed by atoms with Gasteiger partial charge in [-0.25, -0.2) is 0 Å². The Morgan fingerprint density at radius 1 is 1.60 bits per heavy atom. The van der Waals surface area contributed by atoms with Crippen molar-refractivity contribution in [3.05, 3.63) is 0 Å². The molecule has 0 amide bonds. The molecule has 0 aromatic heterocycles. The van der Waals surface area contributed by atoms with Crippen LogP contribution in [0, 0.1) is 11.3 Å². The molecule has 2 N–H and O–H groups in total. The average molecular weight is 143 g/mol. The number of nitrogens with one attached hydrogen (secondary N) is 1. The molecule has 10 heavy (non-hydrogen) atoms. The maximum Gasteiger partial charge on any atom is 0.0459 e. The summed E-state index contributed by atoms with van der Waals surface area (Å²) in [6.07, 6.45) is 5.44. The lowest BCUT2D eigenvalue weighted by atomic mass is 10.0. The number of rotatable bonds is 6. The molecule has 0 rings (SSSR count). The minimum atomic E-state index is 0.300. The Morgan fingerprint density at radius 3 is 2.70 bits per heavy atom. The molecule has 0 aromatic rings. The van der Waals surface area contributed by atoms with Gasteiger partial charge in [-0.05, 0) is 31.4 Å². The van der Waals surface area contributed by atoms with Crippen LogP contribution in [0.2, 0.25) is 0 Å². The molecule has 1 atom stereocenters. The van der Waals surface area contributed by atoms with Gasteiger partial charge < -0.3 is 10.5 Å². The van der Waals surface area contributed by atoms with Crippen molar-refractivity contribution in [3.63, 3.8) is 0 Å². The van der Waals surface area contributed by atoms with E-state index >= 15 is 0 Å². The first-order valence-electron chi connectivity index (χ1n) is 3.95. The van der Waals surface area contributed by atoms with Gasteiger partial charge in [0.05, 0.1) is 0 Å². The lowest BCUT2D eigenvalue weighted by Crippen LogP contribution is -2.03. The van der Waals surface area contributed by atoms with E-state index in [-0.39, 0.29) is 0 Å². The van der Waals surface area contributed by atoms with Crippen molar-refractivity contribution in [2.24, 2.45) is 5.92 Å². The number of aliphatic hydroxyl groups is 1. The van der Waals surface area contributed by atoms with Gasteiger partial charge in [0.25, 0.3) is 0 Å². The topological polar surface area (TPSA) is 44.1 Å².